The highest BCUT2D eigenvalue weighted by Crippen LogP contribution is 2.29. The third kappa shape index (κ3) is 4.97. The summed E-state index contributed by atoms with van der Waals surface area (Å²) >= 11 is 0. The van der Waals surface area contributed by atoms with E-state index in [-0.39, 0.29) is 43.6 Å². The van der Waals surface area contributed by atoms with Crippen LogP contribution in [0.15, 0.2) is 48.5 Å². The summed E-state index contributed by atoms with van der Waals surface area (Å²) in [6.45, 7) is 2.32. The first-order valence-corrected chi connectivity index (χ1v) is 9.28. The number of carbonyl (C=O) groups is 3. The number of hydrogen-bond donors (Lipinski definition) is 1. The molecule has 6 nitrogen and oxygen atoms in total. The lowest BCUT2D eigenvalue weighted by Gasteiger charge is -2.34. The van der Waals surface area contributed by atoms with Gasteiger partial charge in [-0.2, -0.15) is 13.2 Å². The van der Waals surface area contributed by atoms with Crippen LogP contribution in [0.1, 0.15) is 33.2 Å². The van der Waals surface area contributed by atoms with Gasteiger partial charge in [0.25, 0.3) is 5.91 Å². The number of ketones is 1. The van der Waals surface area contributed by atoms with Crippen molar-refractivity contribution in [2.24, 2.45) is 0 Å². The Hall–Kier alpha value is -3.36. The molecule has 1 saturated heterocycles. The molecule has 0 saturated carbocycles. The van der Waals surface area contributed by atoms with Crippen LogP contribution in [0.5, 0.6) is 0 Å². The molecule has 2 aromatic rings. The van der Waals surface area contributed by atoms with Gasteiger partial charge in [-0.25, -0.2) is 4.79 Å². The van der Waals surface area contributed by atoms with Crippen molar-refractivity contribution in [3.63, 3.8) is 0 Å². The number of carbonyl (C=O) groups excluding carboxylic acids is 3. The Kier molecular flexibility index (Phi) is 6.09. The molecule has 3 rings (SSSR count). The zero-order valence-corrected chi connectivity index (χ0v) is 16.2. The monoisotopic (exact) mass is 419 g/mol. The molecule has 1 N–H and O–H groups in total. The molecule has 9 heteroatoms. The van der Waals surface area contributed by atoms with E-state index in [0.29, 0.717) is 11.3 Å². The van der Waals surface area contributed by atoms with Crippen molar-refractivity contribution >= 4 is 23.4 Å². The minimum atomic E-state index is -4.52. The number of Topliss-reactive ketones (excluding diaryl/α,β-unsaturated/α-hetero) is 1. The van der Waals surface area contributed by atoms with Gasteiger partial charge in [0.2, 0.25) is 0 Å². The molecular weight excluding hydrogens is 399 g/mol. The Morgan fingerprint density at radius 1 is 0.867 bits per heavy atom. The van der Waals surface area contributed by atoms with Crippen molar-refractivity contribution in [2.75, 3.05) is 31.5 Å². The maximum atomic E-state index is 12.9. The average Bonchev–Trinajstić information content (AvgIpc) is 2.73. The normalized spacial score (nSPS) is 14.4. The smallest absolute Gasteiger partial charge is 0.335 e. The summed E-state index contributed by atoms with van der Waals surface area (Å²) in [5.41, 5.74) is 0.0439. The predicted molar refractivity (Wildman–Crippen MR) is 104 cm³/mol. The predicted octanol–water partition coefficient (Wildman–Crippen LogP) is 3.90. The molecule has 158 valence electrons. The first-order valence-electron chi connectivity index (χ1n) is 9.28. The summed E-state index contributed by atoms with van der Waals surface area (Å²) in [5, 5.41) is 2.71. The summed E-state index contributed by atoms with van der Waals surface area (Å²) in [6.07, 6.45) is -4.52. The molecule has 0 atom stereocenters. The molecular formula is C21H20F3N3O3. The van der Waals surface area contributed by atoms with Crippen molar-refractivity contribution in [3.8, 4) is 0 Å². The van der Waals surface area contributed by atoms with E-state index >= 15 is 0 Å². The van der Waals surface area contributed by atoms with Gasteiger partial charge in [-0.05, 0) is 37.3 Å². The summed E-state index contributed by atoms with van der Waals surface area (Å²) in [4.78, 5) is 39.4. The zero-order valence-electron chi connectivity index (χ0n) is 16.2. The highest BCUT2D eigenvalue weighted by atomic mass is 19.4. The molecule has 0 spiro atoms. The first kappa shape index (κ1) is 21.4. The van der Waals surface area contributed by atoms with Gasteiger partial charge >= 0.3 is 12.2 Å². The number of amides is 3. The molecule has 1 aliphatic rings. The molecule has 3 amide bonds. The first-order chi connectivity index (χ1) is 14.1. The van der Waals surface area contributed by atoms with Gasteiger partial charge in [0.05, 0.1) is 5.56 Å². The summed E-state index contributed by atoms with van der Waals surface area (Å²) in [5.74, 6) is -0.622. The molecule has 1 aliphatic heterocycles. The van der Waals surface area contributed by atoms with Crippen LogP contribution in [0.3, 0.4) is 0 Å². The van der Waals surface area contributed by atoms with E-state index in [1.165, 1.54) is 28.9 Å². The third-order valence-electron chi connectivity index (χ3n) is 4.81. The van der Waals surface area contributed by atoms with Crippen LogP contribution in [-0.2, 0) is 6.18 Å². The van der Waals surface area contributed by atoms with E-state index < -0.39 is 17.6 Å². The Balaban J connectivity index is 1.59. The number of urea groups is 1. The van der Waals surface area contributed by atoms with Gasteiger partial charge in [0.1, 0.15) is 0 Å². The van der Waals surface area contributed by atoms with Crippen molar-refractivity contribution in [1.29, 1.82) is 0 Å². The maximum absolute atomic E-state index is 12.9. The van der Waals surface area contributed by atoms with Crippen LogP contribution < -0.4 is 5.32 Å². The van der Waals surface area contributed by atoms with Crippen molar-refractivity contribution in [3.05, 3.63) is 65.2 Å². The zero-order chi connectivity index (χ0) is 21.9. The maximum Gasteiger partial charge on any atom is 0.416 e. The molecule has 0 bridgehead atoms. The van der Waals surface area contributed by atoms with Crippen molar-refractivity contribution < 1.29 is 27.6 Å². The van der Waals surface area contributed by atoms with E-state index in [9.17, 15) is 27.6 Å². The van der Waals surface area contributed by atoms with Gasteiger partial charge in [-0.3, -0.25) is 9.59 Å². The van der Waals surface area contributed by atoms with Crippen LogP contribution in [0.4, 0.5) is 23.7 Å². The molecule has 1 heterocycles. The molecule has 0 unspecified atom stereocenters. The lowest BCUT2D eigenvalue weighted by molar-refractivity contribution is -0.137. The topological polar surface area (TPSA) is 69.7 Å². The van der Waals surface area contributed by atoms with Crippen LogP contribution in [0.25, 0.3) is 0 Å². The van der Waals surface area contributed by atoms with Crippen LogP contribution in [0, 0.1) is 0 Å². The summed E-state index contributed by atoms with van der Waals surface area (Å²) in [7, 11) is 0. The van der Waals surface area contributed by atoms with Gasteiger partial charge < -0.3 is 15.1 Å². The van der Waals surface area contributed by atoms with Crippen LogP contribution in [0.2, 0.25) is 0 Å². The third-order valence-corrected chi connectivity index (χ3v) is 4.81. The van der Waals surface area contributed by atoms with E-state index in [1.807, 2.05) is 0 Å². The SMILES string of the molecule is CC(=O)c1cccc(NC(=O)N2CCN(C(=O)c3cccc(C(F)(F)F)c3)CC2)c1. The molecule has 30 heavy (non-hydrogen) atoms. The summed E-state index contributed by atoms with van der Waals surface area (Å²) in [6, 6.07) is 10.5. The summed E-state index contributed by atoms with van der Waals surface area (Å²) < 4.78 is 38.6. The van der Waals surface area contributed by atoms with E-state index in [1.54, 1.807) is 24.3 Å². The second kappa shape index (κ2) is 8.56. The highest BCUT2D eigenvalue weighted by Gasteiger charge is 2.32. The van der Waals surface area contributed by atoms with Gasteiger partial charge in [0.15, 0.2) is 5.78 Å². The van der Waals surface area contributed by atoms with Gasteiger partial charge in [-0.15, -0.1) is 0 Å². The fourth-order valence-electron chi connectivity index (χ4n) is 3.14. The Bertz CT molecular complexity index is 967. The highest BCUT2D eigenvalue weighted by molar-refractivity contribution is 5.97. The number of piperazine rings is 1. The molecule has 0 aliphatic carbocycles. The van der Waals surface area contributed by atoms with Gasteiger partial charge in [-0.1, -0.05) is 18.2 Å². The number of halogens is 3. The van der Waals surface area contributed by atoms with Crippen molar-refractivity contribution in [2.45, 2.75) is 13.1 Å². The number of rotatable bonds is 3. The minimum Gasteiger partial charge on any atom is -0.335 e. The Morgan fingerprint density at radius 2 is 1.47 bits per heavy atom. The lowest BCUT2D eigenvalue weighted by atomic mass is 10.1. The van der Waals surface area contributed by atoms with E-state index in [4.69, 9.17) is 0 Å². The Morgan fingerprint density at radius 3 is 2.10 bits per heavy atom. The van der Waals surface area contributed by atoms with Crippen LogP contribution >= 0.6 is 0 Å². The fraction of sp³-hybridized carbons (Fsp3) is 0.286. The van der Waals surface area contributed by atoms with E-state index in [2.05, 4.69) is 5.32 Å². The van der Waals surface area contributed by atoms with Crippen LogP contribution in [-0.4, -0.2) is 53.7 Å². The average molecular weight is 419 g/mol. The molecule has 2 aromatic carbocycles. The second-order valence-corrected chi connectivity index (χ2v) is 6.92. The number of nitrogens with one attached hydrogen (secondary N) is 1. The number of benzene rings is 2. The van der Waals surface area contributed by atoms with Crippen molar-refractivity contribution in [1.82, 2.24) is 9.80 Å². The lowest BCUT2D eigenvalue weighted by Crippen LogP contribution is -2.51. The quantitative estimate of drug-likeness (QED) is 0.768. The fourth-order valence-corrected chi connectivity index (χ4v) is 3.14. The Labute approximate surface area is 171 Å². The van der Waals surface area contributed by atoms with Gasteiger partial charge in [0, 0.05) is 43.0 Å². The molecule has 0 radical (unpaired) electrons. The number of hydrogen-bond acceptors (Lipinski definition) is 3. The molecule has 0 aromatic heterocycles. The molecule has 1 fully saturated rings. The van der Waals surface area contributed by atoms with E-state index in [0.717, 1.165) is 12.1 Å². The second-order valence-electron chi connectivity index (χ2n) is 6.92. The largest absolute Gasteiger partial charge is 0.416 e. The number of nitrogens with zero attached hydrogens (tertiary/aromatic N) is 2. The standard InChI is InChI=1S/C21H20F3N3O3/c1-14(28)15-4-3-7-18(13-15)25-20(30)27-10-8-26(9-11-27)19(29)16-5-2-6-17(12-16)21(22,23)24/h2-7,12-13H,8-11H2,1H3,(H,25,30). The number of anilines is 1. The minimum absolute atomic E-state index is 0.0382. The number of alkyl halides is 3.